The van der Waals surface area contributed by atoms with E-state index in [1.165, 1.54) is 23.1 Å². The molecule has 1 heterocycles. The van der Waals surface area contributed by atoms with E-state index in [1.54, 1.807) is 11.3 Å². The molecule has 0 bridgehead atoms. The second kappa shape index (κ2) is 7.72. The van der Waals surface area contributed by atoms with Crippen LogP contribution in [0.3, 0.4) is 0 Å². The smallest absolute Gasteiger partial charge is 0.241 e. The van der Waals surface area contributed by atoms with Gasteiger partial charge in [-0.15, -0.1) is 11.3 Å². The number of carbonyl (C=O) groups excluding carboxylic acids is 1. The predicted molar refractivity (Wildman–Crippen MR) is 89.9 cm³/mol. The first-order valence-electron chi connectivity index (χ1n) is 7.03. The lowest BCUT2D eigenvalue weighted by Crippen LogP contribution is -2.41. The molecule has 1 atom stereocenters. The van der Waals surface area contributed by atoms with Gasteiger partial charge in [0.2, 0.25) is 5.91 Å². The molecule has 0 aliphatic heterocycles. The third-order valence-electron chi connectivity index (χ3n) is 3.46. The summed E-state index contributed by atoms with van der Waals surface area (Å²) in [6, 6.07) is 7.76. The summed E-state index contributed by atoms with van der Waals surface area (Å²) in [5.74, 6) is -0.745. The molecule has 0 fully saturated rings. The number of thiophene rings is 1. The standard InChI is InChI=1S/C16H18ClFN2OS/c1-3-20(10-13-5-4-8-22-13)11(2)16(21)19-15-9-12(17)6-7-14(15)18/h4-9,11H,3,10H2,1-2H3,(H,19,21). The number of amides is 1. The van der Waals surface area contributed by atoms with E-state index >= 15 is 0 Å². The van der Waals surface area contributed by atoms with Crippen molar-refractivity contribution in [2.24, 2.45) is 0 Å². The summed E-state index contributed by atoms with van der Waals surface area (Å²) in [6.07, 6.45) is 0. The third-order valence-corrected chi connectivity index (χ3v) is 4.55. The Kier molecular flexibility index (Phi) is 5.94. The van der Waals surface area contributed by atoms with Crippen molar-refractivity contribution in [1.29, 1.82) is 0 Å². The van der Waals surface area contributed by atoms with Crippen molar-refractivity contribution in [1.82, 2.24) is 4.90 Å². The number of anilines is 1. The lowest BCUT2D eigenvalue weighted by molar-refractivity contribution is -0.120. The molecule has 118 valence electrons. The van der Waals surface area contributed by atoms with Gasteiger partial charge in [-0.2, -0.15) is 0 Å². The summed E-state index contributed by atoms with van der Waals surface area (Å²) in [7, 11) is 0. The van der Waals surface area contributed by atoms with Crippen molar-refractivity contribution in [2.45, 2.75) is 26.4 Å². The first-order valence-corrected chi connectivity index (χ1v) is 8.29. The summed E-state index contributed by atoms with van der Waals surface area (Å²) < 4.78 is 13.7. The van der Waals surface area contributed by atoms with Crippen LogP contribution in [0.1, 0.15) is 18.7 Å². The molecule has 0 saturated heterocycles. The topological polar surface area (TPSA) is 32.3 Å². The largest absolute Gasteiger partial charge is 0.322 e. The van der Waals surface area contributed by atoms with Gasteiger partial charge in [0, 0.05) is 16.4 Å². The van der Waals surface area contributed by atoms with E-state index in [4.69, 9.17) is 11.6 Å². The highest BCUT2D eigenvalue weighted by atomic mass is 35.5. The average molecular weight is 341 g/mol. The molecule has 1 amide bonds. The van der Waals surface area contributed by atoms with Crippen LogP contribution in [0.25, 0.3) is 0 Å². The molecule has 0 radical (unpaired) electrons. The molecule has 22 heavy (non-hydrogen) atoms. The minimum absolute atomic E-state index is 0.108. The first kappa shape index (κ1) is 16.9. The van der Waals surface area contributed by atoms with Crippen LogP contribution in [0.15, 0.2) is 35.7 Å². The molecular weight excluding hydrogens is 323 g/mol. The highest BCUT2D eigenvalue weighted by molar-refractivity contribution is 7.09. The highest BCUT2D eigenvalue weighted by Crippen LogP contribution is 2.20. The van der Waals surface area contributed by atoms with Crippen molar-refractivity contribution < 1.29 is 9.18 Å². The quantitative estimate of drug-likeness (QED) is 0.845. The third kappa shape index (κ3) is 4.29. The van der Waals surface area contributed by atoms with Crippen LogP contribution < -0.4 is 5.32 Å². The maximum absolute atomic E-state index is 13.7. The molecule has 0 aliphatic carbocycles. The van der Waals surface area contributed by atoms with Crippen LogP contribution in [-0.2, 0) is 11.3 Å². The van der Waals surface area contributed by atoms with Crippen molar-refractivity contribution in [3.8, 4) is 0 Å². The Morgan fingerprint density at radius 2 is 2.23 bits per heavy atom. The molecule has 6 heteroatoms. The second-order valence-corrected chi connectivity index (χ2v) is 6.40. The van der Waals surface area contributed by atoms with Gasteiger partial charge in [0.25, 0.3) is 0 Å². The summed E-state index contributed by atoms with van der Waals surface area (Å²) in [6.45, 7) is 5.23. The second-order valence-electron chi connectivity index (χ2n) is 4.93. The van der Waals surface area contributed by atoms with E-state index in [1.807, 2.05) is 36.3 Å². The fourth-order valence-corrected chi connectivity index (χ4v) is 3.02. The van der Waals surface area contributed by atoms with E-state index < -0.39 is 5.82 Å². The van der Waals surface area contributed by atoms with Crippen molar-refractivity contribution >= 4 is 34.5 Å². The Bertz CT molecular complexity index is 633. The van der Waals surface area contributed by atoms with E-state index in [2.05, 4.69) is 5.32 Å². The normalized spacial score (nSPS) is 12.4. The van der Waals surface area contributed by atoms with Gasteiger partial charge in [0.1, 0.15) is 5.82 Å². The van der Waals surface area contributed by atoms with Crippen LogP contribution in [0.5, 0.6) is 0 Å². The van der Waals surface area contributed by atoms with Gasteiger partial charge in [-0.3, -0.25) is 9.69 Å². The number of likely N-dealkylation sites (N-methyl/N-ethyl adjacent to an activating group) is 1. The van der Waals surface area contributed by atoms with Gasteiger partial charge >= 0.3 is 0 Å². The number of halogens is 2. The van der Waals surface area contributed by atoms with E-state index in [0.29, 0.717) is 11.6 Å². The SMILES string of the molecule is CCN(Cc1cccs1)C(C)C(=O)Nc1cc(Cl)ccc1F. The Morgan fingerprint density at radius 1 is 1.45 bits per heavy atom. The Balaban J connectivity index is 2.05. The number of hydrogen-bond donors (Lipinski definition) is 1. The minimum atomic E-state index is -0.494. The maximum Gasteiger partial charge on any atom is 0.241 e. The van der Waals surface area contributed by atoms with Gasteiger partial charge in [-0.25, -0.2) is 4.39 Å². The highest BCUT2D eigenvalue weighted by Gasteiger charge is 2.21. The van der Waals surface area contributed by atoms with E-state index in [0.717, 1.165) is 6.54 Å². The molecule has 0 aliphatic rings. The lowest BCUT2D eigenvalue weighted by atomic mass is 10.2. The zero-order chi connectivity index (χ0) is 16.1. The molecule has 2 rings (SSSR count). The fourth-order valence-electron chi connectivity index (χ4n) is 2.12. The monoisotopic (exact) mass is 340 g/mol. The Hall–Kier alpha value is -1.43. The number of benzene rings is 1. The molecule has 2 aromatic rings. The summed E-state index contributed by atoms with van der Waals surface area (Å²) in [5.41, 5.74) is 0.108. The van der Waals surface area contributed by atoms with Gasteiger partial charge in [0.05, 0.1) is 11.7 Å². The Labute approximate surface area is 138 Å². The average Bonchev–Trinajstić information content (AvgIpc) is 3.00. The fraction of sp³-hybridized carbons (Fsp3) is 0.312. The lowest BCUT2D eigenvalue weighted by Gasteiger charge is -2.26. The van der Waals surface area contributed by atoms with Crippen molar-refractivity contribution in [3.63, 3.8) is 0 Å². The number of rotatable bonds is 6. The molecular formula is C16H18ClFN2OS. The van der Waals surface area contributed by atoms with Crippen molar-refractivity contribution in [3.05, 3.63) is 51.4 Å². The summed E-state index contributed by atoms with van der Waals surface area (Å²) in [4.78, 5) is 15.6. The number of carbonyl (C=O) groups is 1. The van der Waals surface area contributed by atoms with Crippen LogP contribution >= 0.6 is 22.9 Å². The van der Waals surface area contributed by atoms with Crippen LogP contribution in [-0.4, -0.2) is 23.4 Å². The first-order chi connectivity index (χ1) is 10.5. The zero-order valence-electron chi connectivity index (χ0n) is 12.5. The Morgan fingerprint density at radius 3 is 2.86 bits per heavy atom. The molecule has 0 saturated carbocycles. The molecule has 1 aromatic carbocycles. The molecule has 1 aromatic heterocycles. The zero-order valence-corrected chi connectivity index (χ0v) is 14.0. The number of nitrogens with one attached hydrogen (secondary N) is 1. The van der Waals surface area contributed by atoms with E-state index in [9.17, 15) is 9.18 Å². The van der Waals surface area contributed by atoms with E-state index in [-0.39, 0.29) is 17.6 Å². The molecule has 1 unspecified atom stereocenters. The van der Waals surface area contributed by atoms with Crippen LogP contribution in [0.4, 0.5) is 10.1 Å². The van der Waals surface area contributed by atoms with Gasteiger partial charge in [-0.1, -0.05) is 24.6 Å². The van der Waals surface area contributed by atoms with Gasteiger partial charge < -0.3 is 5.32 Å². The molecule has 0 spiro atoms. The van der Waals surface area contributed by atoms with Gasteiger partial charge in [0.15, 0.2) is 0 Å². The maximum atomic E-state index is 13.7. The van der Waals surface area contributed by atoms with Crippen LogP contribution in [0, 0.1) is 5.82 Å². The predicted octanol–water partition coefficient (Wildman–Crippen LogP) is 4.39. The summed E-state index contributed by atoms with van der Waals surface area (Å²) in [5, 5.41) is 5.00. The number of nitrogens with zero attached hydrogens (tertiary/aromatic N) is 1. The molecule has 1 N–H and O–H groups in total. The summed E-state index contributed by atoms with van der Waals surface area (Å²) >= 11 is 7.49. The van der Waals surface area contributed by atoms with Crippen molar-refractivity contribution in [2.75, 3.05) is 11.9 Å². The minimum Gasteiger partial charge on any atom is -0.322 e. The van der Waals surface area contributed by atoms with Gasteiger partial charge in [-0.05, 0) is 43.1 Å². The molecule has 3 nitrogen and oxygen atoms in total. The number of hydrogen-bond acceptors (Lipinski definition) is 3. The van der Waals surface area contributed by atoms with Crippen LogP contribution in [0.2, 0.25) is 5.02 Å².